The molecule has 0 saturated heterocycles. The first-order valence-electron chi connectivity index (χ1n) is 4.53. The van der Waals surface area contributed by atoms with Gasteiger partial charge in [0.05, 0.1) is 5.92 Å². The van der Waals surface area contributed by atoms with Crippen LogP contribution in [0.4, 0.5) is 0 Å². The molecule has 0 bridgehead atoms. The molecule has 1 saturated carbocycles. The van der Waals surface area contributed by atoms with E-state index >= 15 is 0 Å². The highest BCUT2D eigenvalue weighted by Gasteiger charge is 2.41. The first kappa shape index (κ1) is 9.52. The van der Waals surface area contributed by atoms with E-state index in [1.807, 2.05) is 7.05 Å². The van der Waals surface area contributed by atoms with E-state index in [2.05, 4.69) is 13.8 Å². The Kier molecular flexibility index (Phi) is 2.73. The predicted molar refractivity (Wildman–Crippen MR) is 48.6 cm³/mol. The van der Waals surface area contributed by atoms with Crippen LogP contribution in [0.15, 0.2) is 0 Å². The van der Waals surface area contributed by atoms with Crippen LogP contribution in [0.1, 0.15) is 20.3 Å². The zero-order chi connectivity index (χ0) is 9.30. The first-order chi connectivity index (χ1) is 5.52. The minimum absolute atomic E-state index is 0.119. The van der Waals surface area contributed by atoms with E-state index in [-0.39, 0.29) is 17.9 Å². The summed E-state index contributed by atoms with van der Waals surface area (Å²) in [5, 5.41) is 0. The smallest absolute Gasteiger partial charge is 0.227 e. The number of rotatable bonds is 3. The molecule has 0 aromatic rings. The molecule has 3 nitrogen and oxygen atoms in total. The zero-order valence-corrected chi connectivity index (χ0v) is 8.08. The van der Waals surface area contributed by atoms with E-state index in [0.717, 1.165) is 13.0 Å². The van der Waals surface area contributed by atoms with Crippen molar-refractivity contribution in [3.63, 3.8) is 0 Å². The highest BCUT2D eigenvalue weighted by atomic mass is 16.2. The predicted octanol–water partition coefficient (Wildman–Crippen LogP) is 0.448. The third kappa shape index (κ3) is 2.21. The molecule has 1 aliphatic rings. The summed E-state index contributed by atoms with van der Waals surface area (Å²) in [5.41, 5.74) is 5.59. The van der Waals surface area contributed by atoms with Gasteiger partial charge in [0, 0.05) is 19.6 Å². The van der Waals surface area contributed by atoms with Crippen LogP contribution in [0.25, 0.3) is 0 Å². The van der Waals surface area contributed by atoms with Crippen molar-refractivity contribution in [3.05, 3.63) is 0 Å². The molecule has 1 rings (SSSR count). The molecule has 1 amide bonds. The van der Waals surface area contributed by atoms with Crippen molar-refractivity contribution in [2.24, 2.45) is 17.6 Å². The second kappa shape index (κ2) is 3.44. The number of carbonyl (C=O) groups excluding carboxylic acids is 1. The van der Waals surface area contributed by atoms with E-state index in [1.165, 1.54) is 0 Å². The Labute approximate surface area is 73.9 Å². The van der Waals surface area contributed by atoms with Crippen LogP contribution in [0.3, 0.4) is 0 Å². The fourth-order valence-electron chi connectivity index (χ4n) is 1.42. The van der Waals surface area contributed by atoms with Gasteiger partial charge in [-0.05, 0) is 12.3 Å². The van der Waals surface area contributed by atoms with Crippen molar-refractivity contribution in [1.29, 1.82) is 0 Å². The van der Waals surface area contributed by atoms with Gasteiger partial charge in [-0.15, -0.1) is 0 Å². The molecule has 0 heterocycles. The van der Waals surface area contributed by atoms with Crippen molar-refractivity contribution >= 4 is 5.91 Å². The molecule has 0 radical (unpaired) electrons. The van der Waals surface area contributed by atoms with Crippen LogP contribution in [-0.4, -0.2) is 30.4 Å². The van der Waals surface area contributed by atoms with E-state index in [9.17, 15) is 4.79 Å². The Morgan fingerprint density at radius 3 is 2.50 bits per heavy atom. The fraction of sp³-hybridized carbons (Fsp3) is 0.889. The molecule has 2 N–H and O–H groups in total. The Morgan fingerprint density at radius 2 is 2.17 bits per heavy atom. The van der Waals surface area contributed by atoms with Gasteiger partial charge in [0.1, 0.15) is 0 Å². The van der Waals surface area contributed by atoms with Gasteiger partial charge in [-0.2, -0.15) is 0 Å². The average Bonchev–Trinajstić information content (AvgIpc) is 2.64. The summed E-state index contributed by atoms with van der Waals surface area (Å²) in [6.07, 6.45) is 0.876. The Hall–Kier alpha value is -0.570. The number of hydrogen-bond donors (Lipinski definition) is 1. The van der Waals surface area contributed by atoms with Gasteiger partial charge in [0.15, 0.2) is 0 Å². The first-order valence-corrected chi connectivity index (χ1v) is 4.53. The molecule has 2 unspecified atom stereocenters. The molecular formula is C9H18N2O. The van der Waals surface area contributed by atoms with Crippen molar-refractivity contribution < 1.29 is 4.79 Å². The van der Waals surface area contributed by atoms with Gasteiger partial charge in [-0.1, -0.05) is 13.8 Å². The largest absolute Gasteiger partial charge is 0.345 e. The van der Waals surface area contributed by atoms with Gasteiger partial charge in [0.25, 0.3) is 0 Å². The lowest BCUT2D eigenvalue weighted by Crippen LogP contribution is -2.33. The van der Waals surface area contributed by atoms with Crippen molar-refractivity contribution in [1.82, 2.24) is 4.90 Å². The van der Waals surface area contributed by atoms with Crippen LogP contribution in [-0.2, 0) is 4.79 Å². The molecule has 1 aliphatic carbocycles. The Morgan fingerprint density at radius 1 is 1.67 bits per heavy atom. The summed E-state index contributed by atoms with van der Waals surface area (Å²) in [5.74, 6) is 0.874. The second-order valence-corrected chi connectivity index (χ2v) is 4.12. The van der Waals surface area contributed by atoms with Crippen LogP contribution < -0.4 is 5.73 Å². The molecule has 2 atom stereocenters. The van der Waals surface area contributed by atoms with Gasteiger partial charge >= 0.3 is 0 Å². The third-order valence-corrected chi connectivity index (χ3v) is 2.17. The maximum Gasteiger partial charge on any atom is 0.227 e. The van der Waals surface area contributed by atoms with E-state index < -0.39 is 0 Å². The number of amides is 1. The topological polar surface area (TPSA) is 46.3 Å². The number of carbonyl (C=O) groups is 1. The highest BCUT2D eigenvalue weighted by Crippen LogP contribution is 2.29. The van der Waals surface area contributed by atoms with Crippen LogP contribution in [0.2, 0.25) is 0 Å². The summed E-state index contributed by atoms with van der Waals surface area (Å²) >= 11 is 0. The van der Waals surface area contributed by atoms with Crippen LogP contribution in [0, 0.1) is 11.8 Å². The minimum atomic E-state index is 0.119. The third-order valence-electron chi connectivity index (χ3n) is 2.17. The molecular weight excluding hydrogens is 152 g/mol. The lowest BCUT2D eigenvalue weighted by Gasteiger charge is -2.19. The van der Waals surface area contributed by atoms with Gasteiger partial charge < -0.3 is 10.6 Å². The van der Waals surface area contributed by atoms with Crippen LogP contribution in [0.5, 0.6) is 0 Å². The lowest BCUT2D eigenvalue weighted by atomic mass is 10.2. The van der Waals surface area contributed by atoms with Gasteiger partial charge in [-0.3, -0.25) is 4.79 Å². The number of hydrogen-bond acceptors (Lipinski definition) is 2. The molecule has 3 heteroatoms. The summed E-state index contributed by atoms with van der Waals surface area (Å²) in [6, 6.07) is 0.132. The Bertz CT molecular complexity index is 179. The highest BCUT2D eigenvalue weighted by molar-refractivity contribution is 5.82. The maximum atomic E-state index is 11.5. The molecule has 0 spiro atoms. The SMILES string of the molecule is CC(C)CN(C)C(=O)C1CC1N. The molecule has 12 heavy (non-hydrogen) atoms. The fourth-order valence-corrected chi connectivity index (χ4v) is 1.42. The summed E-state index contributed by atoms with van der Waals surface area (Å²) < 4.78 is 0. The Balaban J connectivity index is 2.32. The van der Waals surface area contributed by atoms with E-state index in [1.54, 1.807) is 4.90 Å². The molecule has 1 fully saturated rings. The summed E-state index contributed by atoms with van der Waals surface area (Å²) in [4.78, 5) is 13.3. The van der Waals surface area contributed by atoms with Crippen molar-refractivity contribution in [3.8, 4) is 0 Å². The monoisotopic (exact) mass is 170 g/mol. The lowest BCUT2D eigenvalue weighted by molar-refractivity contribution is -0.131. The van der Waals surface area contributed by atoms with Gasteiger partial charge in [0.2, 0.25) is 5.91 Å². The zero-order valence-electron chi connectivity index (χ0n) is 8.08. The normalized spacial score (nSPS) is 27.4. The second-order valence-electron chi connectivity index (χ2n) is 4.12. The average molecular weight is 170 g/mol. The number of nitrogens with two attached hydrogens (primary N) is 1. The quantitative estimate of drug-likeness (QED) is 0.668. The molecule has 0 aliphatic heterocycles. The van der Waals surface area contributed by atoms with E-state index in [0.29, 0.717) is 5.92 Å². The maximum absolute atomic E-state index is 11.5. The molecule has 0 aromatic heterocycles. The summed E-state index contributed by atoms with van der Waals surface area (Å²) in [7, 11) is 1.85. The van der Waals surface area contributed by atoms with E-state index in [4.69, 9.17) is 5.73 Å². The van der Waals surface area contributed by atoms with Crippen molar-refractivity contribution in [2.45, 2.75) is 26.3 Å². The van der Waals surface area contributed by atoms with Gasteiger partial charge in [-0.25, -0.2) is 0 Å². The number of nitrogens with zero attached hydrogens (tertiary/aromatic N) is 1. The van der Waals surface area contributed by atoms with Crippen LogP contribution >= 0.6 is 0 Å². The standard InChI is InChI=1S/C9H18N2O/c1-6(2)5-11(3)9(12)7-4-8(7)10/h6-8H,4-5,10H2,1-3H3. The molecule has 0 aromatic carbocycles. The molecule has 70 valence electrons. The van der Waals surface area contributed by atoms with Crippen molar-refractivity contribution in [2.75, 3.05) is 13.6 Å². The minimum Gasteiger partial charge on any atom is -0.345 e. The summed E-state index contributed by atoms with van der Waals surface area (Å²) in [6.45, 7) is 5.05.